The van der Waals surface area contributed by atoms with Crippen LogP contribution in [0.2, 0.25) is 0 Å². The van der Waals surface area contributed by atoms with Crippen LogP contribution in [-0.2, 0) is 24.3 Å². The van der Waals surface area contributed by atoms with Crippen molar-refractivity contribution in [3.63, 3.8) is 0 Å². The van der Waals surface area contributed by atoms with Gasteiger partial charge in [-0.05, 0) is 49.8 Å². The fourth-order valence-corrected chi connectivity index (χ4v) is 4.00. The van der Waals surface area contributed by atoms with E-state index in [0.717, 1.165) is 31.6 Å². The second-order valence-corrected chi connectivity index (χ2v) is 7.41. The summed E-state index contributed by atoms with van der Waals surface area (Å²) in [5.74, 6) is 0.186. The summed E-state index contributed by atoms with van der Waals surface area (Å²) in [6.07, 6.45) is 4.86. The number of carbonyl (C=O) groups is 1. The van der Waals surface area contributed by atoms with Gasteiger partial charge in [0.25, 0.3) is 0 Å². The van der Waals surface area contributed by atoms with Crippen LogP contribution in [-0.4, -0.2) is 39.2 Å². The molecular formula is C17H24N4OS. The van der Waals surface area contributed by atoms with Gasteiger partial charge in [0.05, 0.1) is 18.8 Å². The van der Waals surface area contributed by atoms with E-state index in [1.807, 2.05) is 35.8 Å². The van der Waals surface area contributed by atoms with E-state index >= 15 is 0 Å². The Balaban J connectivity index is 1.53. The summed E-state index contributed by atoms with van der Waals surface area (Å²) in [6.45, 7) is 8.41. The molecule has 0 bridgehead atoms. The SMILES string of the molecule is Cc1cnn(CC(C)NC(C)C(=O)N2CCc3sccc3C2)c1. The van der Waals surface area contributed by atoms with Crippen molar-refractivity contribution >= 4 is 17.2 Å². The zero-order chi connectivity index (χ0) is 16.4. The smallest absolute Gasteiger partial charge is 0.239 e. The number of hydrogen-bond acceptors (Lipinski definition) is 4. The van der Waals surface area contributed by atoms with Crippen LogP contribution in [0.25, 0.3) is 0 Å². The minimum absolute atomic E-state index is 0.179. The van der Waals surface area contributed by atoms with Crippen LogP contribution in [0.15, 0.2) is 23.8 Å². The Hall–Kier alpha value is -1.66. The van der Waals surface area contributed by atoms with Crippen LogP contribution in [0.4, 0.5) is 0 Å². The number of aryl methyl sites for hydroxylation is 1. The molecule has 0 spiro atoms. The van der Waals surface area contributed by atoms with E-state index in [0.29, 0.717) is 0 Å². The van der Waals surface area contributed by atoms with Gasteiger partial charge in [-0.15, -0.1) is 11.3 Å². The average Bonchev–Trinajstić information content (AvgIpc) is 3.14. The minimum atomic E-state index is -0.179. The highest BCUT2D eigenvalue weighted by atomic mass is 32.1. The normalized spacial score (nSPS) is 16.9. The molecule has 0 aromatic carbocycles. The largest absolute Gasteiger partial charge is 0.337 e. The third-order valence-electron chi connectivity index (χ3n) is 4.25. The van der Waals surface area contributed by atoms with Crippen molar-refractivity contribution in [1.82, 2.24) is 20.0 Å². The Kier molecular flexibility index (Phi) is 4.82. The maximum absolute atomic E-state index is 12.7. The molecule has 0 fully saturated rings. The molecule has 1 N–H and O–H groups in total. The lowest BCUT2D eigenvalue weighted by Crippen LogP contribution is -2.49. The second-order valence-electron chi connectivity index (χ2n) is 6.41. The monoisotopic (exact) mass is 332 g/mol. The first-order valence-electron chi connectivity index (χ1n) is 8.12. The van der Waals surface area contributed by atoms with Gasteiger partial charge < -0.3 is 10.2 Å². The zero-order valence-corrected chi connectivity index (χ0v) is 14.8. The molecule has 2 aromatic rings. The number of nitrogens with zero attached hydrogens (tertiary/aromatic N) is 3. The summed E-state index contributed by atoms with van der Waals surface area (Å²) >= 11 is 1.80. The summed E-state index contributed by atoms with van der Waals surface area (Å²) in [6, 6.07) is 2.15. The highest BCUT2D eigenvalue weighted by molar-refractivity contribution is 7.10. The Morgan fingerprint density at radius 1 is 1.48 bits per heavy atom. The number of aromatic nitrogens is 2. The predicted molar refractivity (Wildman–Crippen MR) is 92.5 cm³/mol. The van der Waals surface area contributed by atoms with Gasteiger partial charge in [-0.25, -0.2) is 0 Å². The van der Waals surface area contributed by atoms with Crippen LogP contribution >= 0.6 is 11.3 Å². The van der Waals surface area contributed by atoms with E-state index in [9.17, 15) is 4.79 Å². The lowest BCUT2D eigenvalue weighted by atomic mass is 10.1. The lowest BCUT2D eigenvalue weighted by Gasteiger charge is -2.30. The third-order valence-corrected chi connectivity index (χ3v) is 5.27. The first-order chi connectivity index (χ1) is 11.0. The van der Waals surface area contributed by atoms with Crippen molar-refractivity contribution < 1.29 is 4.79 Å². The van der Waals surface area contributed by atoms with E-state index in [1.165, 1.54) is 10.4 Å². The van der Waals surface area contributed by atoms with Crippen molar-refractivity contribution in [2.45, 2.75) is 52.4 Å². The van der Waals surface area contributed by atoms with E-state index in [4.69, 9.17) is 0 Å². The van der Waals surface area contributed by atoms with Crippen LogP contribution in [0, 0.1) is 6.92 Å². The molecule has 3 rings (SSSR count). The Labute approximate surface area is 141 Å². The number of fused-ring (bicyclic) bond motifs is 1. The minimum Gasteiger partial charge on any atom is -0.337 e. The first-order valence-corrected chi connectivity index (χ1v) is 9.00. The van der Waals surface area contributed by atoms with E-state index < -0.39 is 0 Å². The van der Waals surface area contributed by atoms with Crippen LogP contribution < -0.4 is 5.32 Å². The molecule has 5 nitrogen and oxygen atoms in total. The highest BCUT2D eigenvalue weighted by Crippen LogP contribution is 2.24. The summed E-state index contributed by atoms with van der Waals surface area (Å²) < 4.78 is 1.92. The molecule has 6 heteroatoms. The quantitative estimate of drug-likeness (QED) is 0.913. The Morgan fingerprint density at radius 2 is 2.30 bits per heavy atom. The zero-order valence-electron chi connectivity index (χ0n) is 14.0. The van der Waals surface area contributed by atoms with E-state index in [-0.39, 0.29) is 18.0 Å². The summed E-state index contributed by atoms with van der Waals surface area (Å²) in [4.78, 5) is 16.1. The van der Waals surface area contributed by atoms with E-state index in [2.05, 4.69) is 28.8 Å². The number of thiophene rings is 1. The molecule has 3 heterocycles. The van der Waals surface area contributed by atoms with Crippen LogP contribution in [0.3, 0.4) is 0 Å². The molecule has 1 amide bonds. The van der Waals surface area contributed by atoms with Crippen molar-refractivity contribution in [3.8, 4) is 0 Å². The number of carbonyl (C=O) groups excluding carboxylic acids is 1. The average molecular weight is 332 g/mol. The molecule has 2 aromatic heterocycles. The summed E-state index contributed by atoms with van der Waals surface area (Å²) in [5.41, 5.74) is 2.46. The van der Waals surface area contributed by atoms with Gasteiger partial charge in [-0.1, -0.05) is 0 Å². The standard InChI is InChI=1S/C17H24N4OS/c1-12-8-18-21(9-12)10-13(2)19-14(3)17(22)20-6-4-16-15(11-20)5-7-23-16/h5,7-9,13-14,19H,4,6,10-11H2,1-3H3. The van der Waals surface area contributed by atoms with Gasteiger partial charge in [0.1, 0.15) is 0 Å². The van der Waals surface area contributed by atoms with Gasteiger partial charge >= 0.3 is 0 Å². The fraction of sp³-hybridized carbons (Fsp3) is 0.529. The molecule has 2 atom stereocenters. The fourth-order valence-electron chi connectivity index (χ4n) is 3.11. The molecule has 124 valence electrons. The highest BCUT2D eigenvalue weighted by Gasteiger charge is 2.25. The number of hydrogen-bond donors (Lipinski definition) is 1. The number of amides is 1. The molecule has 0 aliphatic carbocycles. The maximum Gasteiger partial charge on any atom is 0.239 e. The molecule has 1 aliphatic rings. The van der Waals surface area contributed by atoms with Gasteiger partial charge in [-0.3, -0.25) is 9.48 Å². The topological polar surface area (TPSA) is 50.2 Å². The number of nitrogens with one attached hydrogen (secondary N) is 1. The molecule has 0 radical (unpaired) electrons. The molecule has 2 unspecified atom stereocenters. The maximum atomic E-state index is 12.7. The molecule has 1 aliphatic heterocycles. The molecule has 0 saturated heterocycles. The van der Waals surface area contributed by atoms with Gasteiger partial charge in [0.2, 0.25) is 5.91 Å². The Bertz CT molecular complexity index is 678. The van der Waals surface area contributed by atoms with Crippen molar-refractivity contribution in [1.29, 1.82) is 0 Å². The molecule has 0 saturated carbocycles. The predicted octanol–water partition coefficient (Wildman–Crippen LogP) is 2.20. The summed E-state index contributed by atoms with van der Waals surface area (Å²) in [7, 11) is 0. The van der Waals surface area contributed by atoms with Gasteiger partial charge in [0, 0.05) is 30.2 Å². The first kappa shape index (κ1) is 16.2. The number of rotatable bonds is 5. The van der Waals surface area contributed by atoms with Gasteiger partial charge in [-0.2, -0.15) is 5.10 Å². The summed E-state index contributed by atoms with van der Waals surface area (Å²) in [5, 5.41) is 9.82. The van der Waals surface area contributed by atoms with Crippen LogP contribution in [0.5, 0.6) is 0 Å². The van der Waals surface area contributed by atoms with E-state index in [1.54, 1.807) is 11.3 Å². The second kappa shape index (κ2) is 6.84. The van der Waals surface area contributed by atoms with Gasteiger partial charge in [0.15, 0.2) is 0 Å². The van der Waals surface area contributed by atoms with Crippen molar-refractivity contribution in [2.24, 2.45) is 0 Å². The molecule has 23 heavy (non-hydrogen) atoms. The van der Waals surface area contributed by atoms with Crippen molar-refractivity contribution in [2.75, 3.05) is 6.54 Å². The lowest BCUT2D eigenvalue weighted by molar-refractivity contribution is -0.134. The van der Waals surface area contributed by atoms with Crippen molar-refractivity contribution in [3.05, 3.63) is 39.8 Å². The Morgan fingerprint density at radius 3 is 3.04 bits per heavy atom. The molecular weight excluding hydrogens is 308 g/mol. The van der Waals surface area contributed by atoms with Crippen LogP contribution in [0.1, 0.15) is 29.9 Å². The third kappa shape index (κ3) is 3.82.